The lowest BCUT2D eigenvalue weighted by Gasteiger charge is -2.25. The smallest absolute Gasteiger partial charge is 0.287 e. The fourth-order valence-electron chi connectivity index (χ4n) is 3.28. The van der Waals surface area contributed by atoms with Crippen LogP contribution in [-0.4, -0.2) is 42.7 Å². The molecule has 140 valence electrons. The third-order valence-corrected chi connectivity index (χ3v) is 4.71. The van der Waals surface area contributed by atoms with E-state index in [9.17, 15) is 14.7 Å². The van der Waals surface area contributed by atoms with Crippen LogP contribution < -0.4 is 15.4 Å². The number of hydrogen-bond donors (Lipinski definition) is 3. The van der Waals surface area contributed by atoms with Gasteiger partial charge < -0.3 is 24.9 Å². The van der Waals surface area contributed by atoms with Gasteiger partial charge in [0.2, 0.25) is 5.91 Å². The van der Waals surface area contributed by atoms with Crippen LogP contribution in [0.1, 0.15) is 42.7 Å². The summed E-state index contributed by atoms with van der Waals surface area (Å²) in [4.78, 5) is 24.8. The van der Waals surface area contributed by atoms with Crippen LogP contribution in [0.2, 0.25) is 0 Å². The number of carbonyl (C=O) groups is 2. The first kappa shape index (κ1) is 18.3. The van der Waals surface area contributed by atoms with Crippen molar-refractivity contribution < 1.29 is 23.8 Å². The van der Waals surface area contributed by atoms with Crippen LogP contribution in [-0.2, 0) is 4.79 Å². The fraction of sp³-hybridized carbons (Fsp3) is 0.474. The number of nitrogens with one attached hydrogen (secondary N) is 2. The van der Waals surface area contributed by atoms with Crippen molar-refractivity contribution in [3.05, 3.63) is 30.0 Å². The Bertz CT molecular complexity index is 779. The summed E-state index contributed by atoms with van der Waals surface area (Å²) < 4.78 is 10.8. The fourth-order valence-corrected chi connectivity index (χ4v) is 3.28. The van der Waals surface area contributed by atoms with Crippen LogP contribution in [0.15, 0.2) is 28.7 Å². The number of furan rings is 1. The molecule has 1 aromatic carbocycles. The minimum absolute atomic E-state index is 0.0633. The van der Waals surface area contributed by atoms with E-state index in [2.05, 4.69) is 10.6 Å². The number of para-hydroxylation sites is 1. The maximum absolute atomic E-state index is 12.4. The Hall–Kier alpha value is -2.54. The zero-order valence-corrected chi connectivity index (χ0v) is 14.8. The minimum atomic E-state index is -1.01. The van der Waals surface area contributed by atoms with Crippen LogP contribution in [0.3, 0.4) is 0 Å². The Labute approximate surface area is 151 Å². The quantitative estimate of drug-likeness (QED) is 0.731. The summed E-state index contributed by atoms with van der Waals surface area (Å²) in [5.41, 5.74) is 0.465. The average Bonchev–Trinajstić information content (AvgIpc) is 3.11. The van der Waals surface area contributed by atoms with Crippen molar-refractivity contribution in [2.45, 2.75) is 44.2 Å². The summed E-state index contributed by atoms with van der Waals surface area (Å²) in [6, 6.07) is 6.02. The molecule has 7 heteroatoms. The van der Waals surface area contributed by atoms with E-state index < -0.39 is 18.6 Å². The third kappa shape index (κ3) is 3.99. The van der Waals surface area contributed by atoms with Crippen LogP contribution in [0.5, 0.6) is 5.75 Å². The first-order valence-electron chi connectivity index (χ1n) is 8.91. The highest BCUT2D eigenvalue weighted by molar-refractivity contribution is 5.99. The van der Waals surface area contributed by atoms with E-state index in [1.54, 1.807) is 24.3 Å². The summed E-state index contributed by atoms with van der Waals surface area (Å²) in [7, 11) is 1.52. The Morgan fingerprint density at radius 2 is 2.08 bits per heavy atom. The molecular formula is C19H24N2O5. The highest BCUT2D eigenvalue weighted by Gasteiger charge is 2.25. The summed E-state index contributed by atoms with van der Waals surface area (Å²) in [5, 5.41) is 15.7. The lowest BCUT2D eigenvalue weighted by molar-refractivity contribution is -0.124. The Balaban J connectivity index is 1.67. The lowest BCUT2D eigenvalue weighted by Crippen LogP contribution is -2.51. The molecule has 1 aromatic heterocycles. The zero-order chi connectivity index (χ0) is 18.5. The molecule has 3 rings (SSSR count). The van der Waals surface area contributed by atoms with Gasteiger partial charge in [-0.2, -0.15) is 0 Å². The van der Waals surface area contributed by atoms with Gasteiger partial charge in [-0.1, -0.05) is 31.4 Å². The van der Waals surface area contributed by atoms with Gasteiger partial charge in [0.25, 0.3) is 5.91 Å². The van der Waals surface area contributed by atoms with Gasteiger partial charge in [-0.05, 0) is 25.0 Å². The number of hydrogen-bond acceptors (Lipinski definition) is 5. The largest absolute Gasteiger partial charge is 0.493 e. The summed E-state index contributed by atoms with van der Waals surface area (Å²) in [5.74, 6) is -0.341. The second-order valence-electron chi connectivity index (χ2n) is 6.54. The molecule has 2 amide bonds. The molecule has 1 aliphatic rings. The molecule has 0 spiro atoms. The molecule has 1 saturated carbocycles. The Kier molecular flexibility index (Phi) is 5.78. The van der Waals surface area contributed by atoms with Crippen molar-refractivity contribution in [1.82, 2.24) is 10.6 Å². The molecule has 1 fully saturated rings. The Morgan fingerprint density at radius 3 is 2.77 bits per heavy atom. The van der Waals surface area contributed by atoms with Crippen LogP contribution in [0, 0.1) is 0 Å². The number of fused-ring (bicyclic) bond motifs is 1. The number of aliphatic hydroxyl groups is 1. The summed E-state index contributed by atoms with van der Waals surface area (Å²) in [6.07, 6.45) is 5.22. The topological polar surface area (TPSA) is 101 Å². The number of benzene rings is 1. The van der Waals surface area contributed by atoms with Crippen molar-refractivity contribution in [2.24, 2.45) is 0 Å². The minimum Gasteiger partial charge on any atom is -0.493 e. The SMILES string of the molecule is COc1cccc2cc(C(=O)NC(CO)C(=O)NC3CCCCC3)oc12. The van der Waals surface area contributed by atoms with E-state index in [4.69, 9.17) is 9.15 Å². The molecule has 2 aromatic rings. The highest BCUT2D eigenvalue weighted by Crippen LogP contribution is 2.28. The number of rotatable bonds is 6. The molecule has 7 nitrogen and oxygen atoms in total. The molecule has 0 aliphatic heterocycles. The Morgan fingerprint density at radius 1 is 1.31 bits per heavy atom. The van der Waals surface area contributed by atoms with Gasteiger partial charge >= 0.3 is 0 Å². The van der Waals surface area contributed by atoms with Gasteiger partial charge in [-0.3, -0.25) is 9.59 Å². The van der Waals surface area contributed by atoms with Crippen LogP contribution in [0.25, 0.3) is 11.0 Å². The van der Waals surface area contributed by atoms with Crippen molar-refractivity contribution in [2.75, 3.05) is 13.7 Å². The normalized spacial score (nSPS) is 16.2. The van der Waals surface area contributed by atoms with Crippen molar-refractivity contribution in [3.8, 4) is 5.75 Å². The zero-order valence-electron chi connectivity index (χ0n) is 14.8. The first-order chi connectivity index (χ1) is 12.6. The van der Waals surface area contributed by atoms with E-state index in [-0.39, 0.29) is 17.7 Å². The molecule has 3 N–H and O–H groups in total. The predicted octanol–water partition coefficient (Wildman–Crippen LogP) is 1.98. The number of amides is 2. The molecule has 1 atom stereocenters. The monoisotopic (exact) mass is 360 g/mol. The summed E-state index contributed by atoms with van der Waals surface area (Å²) in [6.45, 7) is -0.478. The van der Waals surface area contributed by atoms with Gasteiger partial charge in [-0.15, -0.1) is 0 Å². The van der Waals surface area contributed by atoms with Crippen LogP contribution >= 0.6 is 0 Å². The molecular weight excluding hydrogens is 336 g/mol. The lowest BCUT2D eigenvalue weighted by atomic mass is 9.95. The molecule has 0 radical (unpaired) electrons. The van der Waals surface area contributed by atoms with E-state index in [1.807, 2.05) is 0 Å². The van der Waals surface area contributed by atoms with Crippen molar-refractivity contribution in [3.63, 3.8) is 0 Å². The summed E-state index contributed by atoms with van der Waals surface area (Å²) >= 11 is 0. The number of aliphatic hydroxyl groups excluding tert-OH is 1. The average molecular weight is 360 g/mol. The van der Waals surface area contributed by atoms with Gasteiger partial charge in [0.15, 0.2) is 17.1 Å². The molecule has 0 bridgehead atoms. The van der Waals surface area contributed by atoms with E-state index in [0.717, 1.165) is 31.1 Å². The number of ether oxygens (including phenoxy) is 1. The maximum Gasteiger partial charge on any atom is 0.287 e. The predicted molar refractivity (Wildman–Crippen MR) is 96.1 cm³/mol. The second kappa shape index (κ2) is 8.23. The molecule has 1 aliphatic carbocycles. The van der Waals surface area contributed by atoms with Gasteiger partial charge in [0, 0.05) is 11.4 Å². The van der Waals surface area contributed by atoms with Gasteiger partial charge in [0.05, 0.1) is 13.7 Å². The molecule has 1 heterocycles. The molecule has 1 unspecified atom stereocenters. The van der Waals surface area contributed by atoms with Gasteiger partial charge in [-0.25, -0.2) is 0 Å². The molecule has 0 saturated heterocycles. The van der Waals surface area contributed by atoms with E-state index >= 15 is 0 Å². The van der Waals surface area contributed by atoms with Gasteiger partial charge in [0.1, 0.15) is 6.04 Å². The number of methoxy groups -OCH3 is 1. The standard InChI is InChI=1S/C19H24N2O5/c1-25-15-9-5-6-12-10-16(26-17(12)15)19(24)21-14(11-22)18(23)20-13-7-3-2-4-8-13/h5-6,9-10,13-14,22H,2-4,7-8,11H2,1H3,(H,20,23)(H,21,24). The first-order valence-corrected chi connectivity index (χ1v) is 8.91. The third-order valence-electron chi connectivity index (χ3n) is 4.71. The van der Waals surface area contributed by atoms with Crippen molar-refractivity contribution >= 4 is 22.8 Å². The second-order valence-corrected chi connectivity index (χ2v) is 6.54. The molecule has 26 heavy (non-hydrogen) atoms. The van der Waals surface area contributed by atoms with E-state index in [0.29, 0.717) is 11.3 Å². The maximum atomic E-state index is 12.4. The number of carbonyl (C=O) groups excluding carboxylic acids is 2. The van der Waals surface area contributed by atoms with E-state index in [1.165, 1.54) is 13.5 Å². The van der Waals surface area contributed by atoms with Crippen molar-refractivity contribution in [1.29, 1.82) is 0 Å². The highest BCUT2D eigenvalue weighted by atomic mass is 16.5. The van der Waals surface area contributed by atoms with Crippen LogP contribution in [0.4, 0.5) is 0 Å².